The van der Waals surface area contributed by atoms with Crippen molar-refractivity contribution >= 4 is 5.91 Å². The van der Waals surface area contributed by atoms with Crippen molar-refractivity contribution in [2.45, 2.75) is 44.8 Å². The van der Waals surface area contributed by atoms with Crippen LogP contribution in [0.5, 0.6) is 5.75 Å². The Kier molecular flexibility index (Phi) is 5.98. The fraction of sp³-hybridized carbons (Fsp3) is 0.682. The zero-order valence-electron chi connectivity index (χ0n) is 16.3. The molecule has 2 aliphatic carbocycles. The van der Waals surface area contributed by atoms with E-state index in [9.17, 15) is 4.79 Å². The lowest BCUT2D eigenvalue weighted by Gasteiger charge is -2.38. The molecule has 0 spiro atoms. The number of likely N-dealkylation sites (tertiary alicyclic amines) is 1. The SMILES string of the molecule is CC(=O)N[C@@H]1C[C@@H]2CN(CCOc3ccccc3)C[C@@H]2C[C@H]1OCC1CC1. The van der Waals surface area contributed by atoms with Gasteiger partial charge in [0, 0.05) is 33.2 Å². The first-order chi connectivity index (χ1) is 13.2. The Labute approximate surface area is 162 Å². The van der Waals surface area contributed by atoms with Gasteiger partial charge in [0.1, 0.15) is 12.4 Å². The molecule has 1 N–H and O–H groups in total. The summed E-state index contributed by atoms with van der Waals surface area (Å²) in [5, 5.41) is 3.16. The van der Waals surface area contributed by atoms with Gasteiger partial charge in [-0.3, -0.25) is 9.69 Å². The van der Waals surface area contributed by atoms with Gasteiger partial charge in [0.25, 0.3) is 0 Å². The van der Waals surface area contributed by atoms with Gasteiger partial charge in [0.15, 0.2) is 0 Å². The lowest BCUT2D eigenvalue weighted by molar-refractivity contribution is -0.122. The van der Waals surface area contributed by atoms with Crippen molar-refractivity contribution in [2.75, 3.05) is 32.8 Å². The van der Waals surface area contributed by atoms with Gasteiger partial charge >= 0.3 is 0 Å². The van der Waals surface area contributed by atoms with Crippen molar-refractivity contribution < 1.29 is 14.3 Å². The third-order valence-corrected chi connectivity index (χ3v) is 6.24. The quantitative estimate of drug-likeness (QED) is 0.762. The molecule has 27 heavy (non-hydrogen) atoms. The van der Waals surface area contributed by atoms with Gasteiger partial charge in [-0.15, -0.1) is 0 Å². The van der Waals surface area contributed by atoms with Gasteiger partial charge in [-0.2, -0.15) is 0 Å². The summed E-state index contributed by atoms with van der Waals surface area (Å²) in [6.45, 7) is 6.40. The second-order valence-corrected chi connectivity index (χ2v) is 8.53. The summed E-state index contributed by atoms with van der Waals surface area (Å²) < 4.78 is 12.1. The molecule has 3 aliphatic rings. The predicted molar refractivity (Wildman–Crippen MR) is 105 cm³/mol. The predicted octanol–water partition coefficient (Wildman–Crippen LogP) is 2.71. The van der Waals surface area contributed by atoms with E-state index in [0.29, 0.717) is 11.8 Å². The largest absolute Gasteiger partial charge is 0.492 e. The van der Waals surface area contributed by atoms with Crippen molar-refractivity contribution in [3.63, 3.8) is 0 Å². The first-order valence-electron chi connectivity index (χ1n) is 10.5. The number of carbonyl (C=O) groups excluding carboxylic acids is 1. The lowest BCUT2D eigenvalue weighted by Crippen LogP contribution is -2.50. The molecule has 5 heteroatoms. The average molecular weight is 373 g/mol. The van der Waals surface area contributed by atoms with E-state index in [2.05, 4.69) is 10.2 Å². The summed E-state index contributed by atoms with van der Waals surface area (Å²) in [4.78, 5) is 14.2. The lowest BCUT2D eigenvalue weighted by atomic mass is 9.77. The molecule has 0 aromatic heterocycles. The summed E-state index contributed by atoms with van der Waals surface area (Å²) >= 11 is 0. The maximum absolute atomic E-state index is 11.6. The Morgan fingerprint density at radius 1 is 1.15 bits per heavy atom. The summed E-state index contributed by atoms with van der Waals surface area (Å²) in [5.41, 5.74) is 0. The van der Waals surface area contributed by atoms with Crippen LogP contribution in [-0.2, 0) is 9.53 Å². The highest BCUT2D eigenvalue weighted by molar-refractivity contribution is 5.73. The van der Waals surface area contributed by atoms with E-state index in [1.807, 2.05) is 30.3 Å². The Morgan fingerprint density at radius 2 is 1.89 bits per heavy atom. The topological polar surface area (TPSA) is 50.8 Å². The molecule has 5 nitrogen and oxygen atoms in total. The second kappa shape index (κ2) is 8.61. The van der Waals surface area contributed by atoms with Crippen molar-refractivity contribution in [3.05, 3.63) is 30.3 Å². The molecule has 4 rings (SSSR count). The molecule has 148 valence electrons. The standard InChI is InChI=1S/C22H32N2O3/c1-16(25)23-21-11-18-13-24(9-10-26-20-5-3-2-4-6-20)14-19(18)12-22(21)27-15-17-7-8-17/h2-6,17-19,21-22H,7-15H2,1H3,(H,23,25)/t18-,19+,21-,22-/m1/s1. The number of carbonyl (C=O) groups is 1. The van der Waals surface area contributed by atoms with Crippen LogP contribution >= 0.6 is 0 Å². The van der Waals surface area contributed by atoms with E-state index in [-0.39, 0.29) is 18.1 Å². The van der Waals surface area contributed by atoms with E-state index >= 15 is 0 Å². The monoisotopic (exact) mass is 372 g/mol. The molecule has 0 bridgehead atoms. The molecule has 1 saturated heterocycles. The van der Waals surface area contributed by atoms with E-state index in [1.54, 1.807) is 6.92 Å². The first kappa shape index (κ1) is 18.8. The van der Waals surface area contributed by atoms with Crippen LogP contribution in [0.15, 0.2) is 30.3 Å². The molecule has 1 amide bonds. The van der Waals surface area contributed by atoms with Crippen LogP contribution in [0.2, 0.25) is 0 Å². The minimum absolute atomic E-state index is 0.0598. The summed E-state index contributed by atoms with van der Waals surface area (Å²) in [7, 11) is 0. The zero-order valence-corrected chi connectivity index (χ0v) is 16.3. The number of nitrogens with one attached hydrogen (secondary N) is 1. The number of hydrogen-bond donors (Lipinski definition) is 1. The Hall–Kier alpha value is -1.59. The van der Waals surface area contributed by atoms with Crippen LogP contribution in [-0.4, -0.2) is 55.8 Å². The van der Waals surface area contributed by atoms with E-state index < -0.39 is 0 Å². The molecule has 0 radical (unpaired) electrons. The Morgan fingerprint density at radius 3 is 2.59 bits per heavy atom. The van der Waals surface area contributed by atoms with Crippen LogP contribution in [0.4, 0.5) is 0 Å². The van der Waals surface area contributed by atoms with Crippen molar-refractivity contribution in [1.82, 2.24) is 10.2 Å². The number of ether oxygens (including phenoxy) is 2. The van der Waals surface area contributed by atoms with Gasteiger partial charge in [-0.25, -0.2) is 0 Å². The maximum Gasteiger partial charge on any atom is 0.217 e. The van der Waals surface area contributed by atoms with Gasteiger partial charge in [0.2, 0.25) is 5.91 Å². The second-order valence-electron chi connectivity index (χ2n) is 8.53. The minimum Gasteiger partial charge on any atom is -0.492 e. The van der Waals surface area contributed by atoms with Gasteiger partial charge in [0.05, 0.1) is 12.1 Å². The minimum atomic E-state index is 0.0598. The van der Waals surface area contributed by atoms with Gasteiger partial charge in [-0.1, -0.05) is 18.2 Å². The highest BCUT2D eigenvalue weighted by Crippen LogP contribution is 2.38. The van der Waals surface area contributed by atoms with Gasteiger partial charge < -0.3 is 14.8 Å². The Bertz CT molecular complexity index is 619. The van der Waals surface area contributed by atoms with Crippen molar-refractivity contribution in [1.29, 1.82) is 0 Å². The number of nitrogens with zero attached hydrogens (tertiary/aromatic N) is 1. The van der Waals surface area contributed by atoms with Crippen LogP contribution in [0.3, 0.4) is 0 Å². The fourth-order valence-electron chi connectivity index (χ4n) is 4.64. The number of fused-ring (bicyclic) bond motifs is 1. The molecule has 2 saturated carbocycles. The molecule has 0 unspecified atom stereocenters. The molecule has 1 aromatic carbocycles. The molecular weight excluding hydrogens is 340 g/mol. The summed E-state index contributed by atoms with van der Waals surface area (Å²) in [6.07, 6.45) is 4.89. The highest BCUT2D eigenvalue weighted by atomic mass is 16.5. The van der Waals surface area contributed by atoms with E-state index in [0.717, 1.165) is 57.4 Å². The summed E-state index contributed by atoms with van der Waals surface area (Å²) in [5.74, 6) is 3.09. The number of amides is 1. The molecule has 4 atom stereocenters. The van der Waals surface area contributed by atoms with Crippen LogP contribution < -0.4 is 10.1 Å². The molecule has 1 aromatic rings. The average Bonchev–Trinajstić information content (AvgIpc) is 3.40. The number of para-hydroxylation sites is 1. The van der Waals surface area contributed by atoms with Gasteiger partial charge in [-0.05, 0) is 55.6 Å². The number of rotatable bonds is 8. The van der Waals surface area contributed by atoms with Crippen molar-refractivity contribution in [3.8, 4) is 5.75 Å². The highest BCUT2D eigenvalue weighted by Gasteiger charge is 2.43. The molecular formula is C22H32N2O3. The first-order valence-corrected chi connectivity index (χ1v) is 10.5. The van der Waals surface area contributed by atoms with Crippen LogP contribution in [0.25, 0.3) is 0 Å². The third kappa shape index (κ3) is 5.23. The van der Waals surface area contributed by atoms with Crippen molar-refractivity contribution in [2.24, 2.45) is 17.8 Å². The normalized spacial score (nSPS) is 30.7. The smallest absolute Gasteiger partial charge is 0.217 e. The Balaban J connectivity index is 1.27. The van der Waals surface area contributed by atoms with E-state index in [4.69, 9.17) is 9.47 Å². The molecule has 1 heterocycles. The molecule has 3 fully saturated rings. The zero-order chi connectivity index (χ0) is 18.6. The maximum atomic E-state index is 11.6. The number of benzene rings is 1. The van der Waals surface area contributed by atoms with E-state index in [1.165, 1.54) is 12.8 Å². The fourth-order valence-corrected chi connectivity index (χ4v) is 4.64. The third-order valence-electron chi connectivity index (χ3n) is 6.24. The van der Waals surface area contributed by atoms with Crippen LogP contribution in [0, 0.1) is 17.8 Å². The number of hydrogen-bond acceptors (Lipinski definition) is 4. The van der Waals surface area contributed by atoms with Crippen LogP contribution in [0.1, 0.15) is 32.6 Å². The molecule has 1 aliphatic heterocycles. The summed E-state index contributed by atoms with van der Waals surface area (Å²) in [6, 6.07) is 10.2.